The predicted octanol–water partition coefficient (Wildman–Crippen LogP) is 8.37. The zero-order valence-electron chi connectivity index (χ0n) is 24.2. The van der Waals surface area contributed by atoms with Gasteiger partial charge in [0, 0.05) is 0 Å². The fraction of sp³-hybridized carbons (Fsp3) is 0.167. The number of hydrogen-bond donors (Lipinski definition) is 0. The van der Waals surface area contributed by atoms with Crippen LogP contribution in [0.15, 0.2) is 109 Å². The van der Waals surface area contributed by atoms with Crippen LogP contribution in [0.2, 0.25) is 0 Å². The summed E-state index contributed by atoms with van der Waals surface area (Å²) < 4.78 is 27.4. The molecule has 220 valence electrons. The predicted molar refractivity (Wildman–Crippen MR) is 167 cm³/mol. The second-order valence-electron chi connectivity index (χ2n) is 9.17. The Morgan fingerprint density at radius 1 is 0.512 bits per heavy atom. The topological polar surface area (TPSA) is 80.3 Å². The summed E-state index contributed by atoms with van der Waals surface area (Å²) in [5, 5.41) is 0. The summed E-state index contributed by atoms with van der Waals surface area (Å²) in [7, 11) is 0. The molecule has 0 saturated carbocycles. The minimum Gasteiger partial charge on any atom is -0.462 e. The van der Waals surface area contributed by atoms with Crippen molar-refractivity contribution in [3.63, 3.8) is 0 Å². The number of hydrogen-bond acceptors (Lipinski definition) is 7. The lowest BCUT2D eigenvalue weighted by Crippen LogP contribution is -2.03. The van der Waals surface area contributed by atoms with E-state index in [-0.39, 0.29) is 11.9 Å². The van der Waals surface area contributed by atoms with Gasteiger partial charge in [0.2, 0.25) is 0 Å². The number of carbonyl (C=O) groups is 2. The zero-order chi connectivity index (χ0) is 30.3. The van der Waals surface area contributed by atoms with Crippen molar-refractivity contribution in [2.24, 2.45) is 0 Å². The summed E-state index contributed by atoms with van der Waals surface area (Å²) in [5.74, 6) is 1.99. The first kappa shape index (κ1) is 30.8. The third-order valence-corrected chi connectivity index (χ3v) is 6.01. The molecule has 0 radical (unpaired) electrons. The Kier molecular flexibility index (Phi) is 11.7. The Balaban J connectivity index is 1.15. The van der Waals surface area contributed by atoms with Crippen molar-refractivity contribution < 1.29 is 33.3 Å². The number of benzene rings is 4. The molecule has 0 aliphatic rings. The van der Waals surface area contributed by atoms with Crippen molar-refractivity contribution >= 4 is 24.1 Å². The summed E-state index contributed by atoms with van der Waals surface area (Å²) in [5.41, 5.74) is 3.04. The highest BCUT2D eigenvalue weighted by Gasteiger charge is 2.07. The maximum Gasteiger partial charge on any atom is 0.338 e. The van der Waals surface area contributed by atoms with Gasteiger partial charge in [-0.1, -0.05) is 48.6 Å². The second kappa shape index (κ2) is 16.3. The fourth-order valence-corrected chi connectivity index (χ4v) is 3.89. The number of carbonyl (C=O) groups excluding carboxylic acids is 2. The molecular formula is C36H34O7. The largest absolute Gasteiger partial charge is 0.462 e. The van der Waals surface area contributed by atoms with Gasteiger partial charge in [-0.3, -0.25) is 0 Å². The molecule has 0 unspecified atom stereocenters. The van der Waals surface area contributed by atoms with Crippen molar-refractivity contribution in [2.75, 3.05) is 26.4 Å². The molecule has 0 fully saturated rings. The molecule has 7 heteroatoms. The number of rotatable bonds is 14. The van der Waals surface area contributed by atoms with E-state index in [2.05, 4.69) is 0 Å². The van der Waals surface area contributed by atoms with E-state index in [9.17, 15) is 9.59 Å². The van der Waals surface area contributed by atoms with Crippen molar-refractivity contribution in [1.29, 1.82) is 0 Å². The molecule has 0 N–H and O–H groups in total. The molecular weight excluding hydrogens is 544 g/mol. The van der Waals surface area contributed by atoms with E-state index in [1.54, 1.807) is 62.4 Å². The molecule has 0 heterocycles. The molecule has 0 spiro atoms. The fourth-order valence-electron chi connectivity index (χ4n) is 3.89. The molecule has 4 rings (SSSR count). The molecule has 0 aliphatic heterocycles. The van der Waals surface area contributed by atoms with Crippen LogP contribution in [-0.4, -0.2) is 38.4 Å². The SMILES string of the molecule is CCOC(=O)c1ccc(Oc2ccc(C=CCOCC=Cc3ccc(Oc4ccc(C(=O)OCC)cc4)cc3)cc2)cc1. The van der Waals surface area contributed by atoms with E-state index in [1.807, 2.05) is 72.8 Å². The van der Waals surface area contributed by atoms with Crippen LogP contribution < -0.4 is 9.47 Å². The van der Waals surface area contributed by atoms with Gasteiger partial charge in [-0.15, -0.1) is 0 Å². The van der Waals surface area contributed by atoms with Crippen LogP contribution in [0.1, 0.15) is 45.7 Å². The minimum atomic E-state index is -0.347. The standard InChI is InChI=1S/C36H34O7/c1-3-40-35(37)29-13-21-33(22-14-29)42-31-17-9-27(10-18-31)7-5-25-39-26-6-8-28-11-19-32(20-12-28)43-34-23-15-30(16-24-34)36(38)41-4-2/h5-24H,3-4,25-26H2,1-2H3. The van der Waals surface area contributed by atoms with E-state index in [0.717, 1.165) is 11.1 Å². The van der Waals surface area contributed by atoms with Crippen LogP contribution in [0, 0.1) is 0 Å². The third-order valence-electron chi connectivity index (χ3n) is 6.01. The van der Waals surface area contributed by atoms with Crippen LogP contribution in [0.25, 0.3) is 12.2 Å². The third kappa shape index (κ3) is 10.0. The van der Waals surface area contributed by atoms with Crippen molar-refractivity contribution in [2.45, 2.75) is 13.8 Å². The van der Waals surface area contributed by atoms with Crippen LogP contribution in [0.5, 0.6) is 23.0 Å². The monoisotopic (exact) mass is 578 g/mol. The Bertz CT molecular complexity index is 1390. The first-order valence-corrected chi connectivity index (χ1v) is 14.0. The van der Waals surface area contributed by atoms with Crippen LogP contribution in [-0.2, 0) is 14.2 Å². The minimum absolute atomic E-state index is 0.341. The van der Waals surface area contributed by atoms with Crippen molar-refractivity contribution in [1.82, 2.24) is 0 Å². The number of ether oxygens (including phenoxy) is 5. The highest BCUT2D eigenvalue weighted by atomic mass is 16.5. The molecule has 0 atom stereocenters. The van der Waals surface area contributed by atoms with Gasteiger partial charge in [0.05, 0.1) is 37.6 Å². The maximum atomic E-state index is 11.8. The average Bonchev–Trinajstić information content (AvgIpc) is 3.03. The van der Waals surface area contributed by atoms with E-state index in [4.69, 9.17) is 23.7 Å². The Hall–Kier alpha value is -5.14. The first-order valence-electron chi connectivity index (χ1n) is 14.0. The van der Waals surface area contributed by atoms with E-state index >= 15 is 0 Å². The first-order chi connectivity index (χ1) is 21.0. The van der Waals surface area contributed by atoms with Crippen LogP contribution in [0.4, 0.5) is 0 Å². The number of esters is 2. The molecule has 7 nitrogen and oxygen atoms in total. The Morgan fingerprint density at radius 2 is 0.837 bits per heavy atom. The summed E-state index contributed by atoms with van der Waals surface area (Å²) in [6.07, 6.45) is 7.90. The second-order valence-corrected chi connectivity index (χ2v) is 9.17. The van der Waals surface area contributed by atoms with E-state index < -0.39 is 0 Å². The smallest absolute Gasteiger partial charge is 0.338 e. The highest BCUT2D eigenvalue weighted by molar-refractivity contribution is 5.90. The molecule has 4 aromatic carbocycles. The summed E-state index contributed by atoms with van der Waals surface area (Å²) in [6, 6.07) is 29.1. The Morgan fingerprint density at radius 3 is 1.16 bits per heavy atom. The quantitative estimate of drug-likeness (QED) is 0.110. The molecule has 0 saturated heterocycles. The van der Waals surface area contributed by atoms with Gasteiger partial charge < -0.3 is 23.7 Å². The lowest BCUT2D eigenvalue weighted by atomic mass is 10.2. The van der Waals surface area contributed by atoms with E-state index in [1.165, 1.54) is 0 Å². The maximum absolute atomic E-state index is 11.8. The lowest BCUT2D eigenvalue weighted by molar-refractivity contribution is 0.0516. The van der Waals surface area contributed by atoms with Crippen LogP contribution in [0.3, 0.4) is 0 Å². The van der Waals surface area contributed by atoms with Crippen molar-refractivity contribution in [3.05, 3.63) is 131 Å². The summed E-state index contributed by atoms with van der Waals surface area (Å²) >= 11 is 0. The zero-order valence-corrected chi connectivity index (χ0v) is 24.2. The molecule has 0 amide bonds. The molecule has 4 aromatic rings. The molecule has 43 heavy (non-hydrogen) atoms. The summed E-state index contributed by atoms with van der Waals surface area (Å²) in [6.45, 7) is 5.20. The van der Waals surface area contributed by atoms with Gasteiger partial charge in [-0.25, -0.2) is 9.59 Å². The molecule has 0 aliphatic carbocycles. The van der Waals surface area contributed by atoms with Gasteiger partial charge in [0.25, 0.3) is 0 Å². The normalized spacial score (nSPS) is 11.0. The van der Waals surface area contributed by atoms with Gasteiger partial charge in [-0.05, 0) is 97.8 Å². The van der Waals surface area contributed by atoms with Gasteiger partial charge in [0.15, 0.2) is 0 Å². The summed E-state index contributed by atoms with van der Waals surface area (Å²) in [4.78, 5) is 23.5. The van der Waals surface area contributed by atoms with Crippen LogP contribution >= 0.6 is 0 Å². The molecule has 0 bridgehead atoms. The Labute approximate surface area is 251 Å². The van der Waals surface area contributed by atoms with Gasteiger partial charge in [0.1, 0.15) is 23.0 Å². The van der Waals surface area contributed by atoms with Gasteiger partial charge in [-0.2, -0.15) is 0 Å². The lowest BCUT2D eigenvalue weighted by Gasteiger charge is -2.07. The van der Waals surface area contributed by atoms with Crippen molar-refractivity contribution in [3.8, 4) is 23.0 Å². The molecule has 0 aromatic heterocycles. The van der Waals surface area contributed by atoms with Gasteiger partial charge >= 0.3 is 11.9 Å². The van der Waals surface area contributed by atoms with E-state index in [0.29, 0.717) is 60.6 Å². The average molecular weight is 579 g/mol. The highest BCUT2D eigenvalue weighted by Crippen LogP contribution is 2.24.